The van der Waals surface area contributed by atoms with E-state index in [2.05, 4.69) is 101 Å². The topological polar surface area (TPSA) is 111 Å². The highest BCUT2D eigenvalue weighted by Gasteiger charge is 2.51. The molecule has 0 aromatic carbocycles. The molecule has 0 N–H and O–H groups in total. The molecular weight excluding hydrogens is 869 g/mol. The monoisotopic (exact) mass is 967 g/mol. The fourth-order valence-electron chi connectivity index (χ4n) is 10.2. The number of carbonyl (C=O) groups excluding carboxylic acids is 2. The highest BCUT2D eigenvalue weighted by molar-refractivity contribution is 6.74. The van der Waals surface area contributed by atoms with Crippen LogP contribution in [0.1, 0.15) is 157 Å². The van der Waals surface area contributed by atoms with Crippen molar-refractivity contribution in [3.8, 4) is 0 Å². The number of hydrogen-bond acceptors (Lipinski definition) is 10. The molecule has 2 aliphatic heterocycles. The van der Waals surface area contributed by atoms with Crippen LogP contribution in [-0.2, 0) is 46.6 Å². The zero-order valence-electron chi connectivity index (χ0n) is 44.8. The van der Waals surface area contributed by atoms with Crippen LogP contribution in [0.25, 0.3) is 0 Å². The Morgan fingerprint density at radius 2 is 1.45 bits per heavy atom. The van der Waals surface area contributed by atoms with Gasteiger partial charge in [-0.15, -0.1) is 0 Å². The van der Waals surface area contributed by atoms with Crippen LogP contribution in [0.15, 0.2) is 36.0 Å². The van der Waals surface area contributed by atoms with E-state index in [0.29, 0.717) is 25.4 Å². The number of esters is 2. The number of ether oxygens (including phenoxy) is 5. The molecule has 13 heteroatoms. The van der Waals surface area contributed by atoms with Crippen molar-refractivity contribution < 1.29 is 46.6 Å². The van der Waals surface area contributed by atoms with E-state index < -0.39 is 60.6 Å². The summed E-state index contributed by atoms with van der Waals surface area (Å²) in [6.07, 6.45) is 11.3. The SMILES string of the molecule is CCOC(C)O[C@]1(C)CC[C@@H](O[Si](CC)(CC)CC)CC(=O)O[C@H](/C(C)=C/C=C/[C@@](C)(C[C@@H]2O[C@H]2[C@H](C)[C@H](CC)O[Si](CC)(CC)CC)O[Si](CC)(CC)CC)[C@@H](C)/C=C\[C@@H]1OC(C)=O. The molecule has 0 saturated carbocycles. The molecule has 1 unspecified atom stereocenters. The van der Waals surface area contributed by atoms with Gasteiger partial charge in [0.2, 0.25) is 0 Å². The van der Waals surface area contributed by atoms with E-state index in [0.717, 1.165) is 72.8 Å². The summed E-state index contributed by atoms with van der Waals surface area (Å²) < 4.78 is 53.0. The Hall–Kier alpha value is -1.43. The summed E-state index contributed by atoms with van der Waals surface area (Å²) in [5.74, 6) is -0.667. The Kier molecular flexibility index (Phi) is 25.4. The molecule has 0 bridgehead atoms. The van der Waals surface area contributed by atoms with E-state index in [1.165, 1.54) is 6.92 Å². The van der Waals surface area contributed by atoms with Gasteiger partial charge in [0.05, 0.1) is 30.3 Å². The maximum atomic E-state index is 14.1. The second-order valence-electron chi connectivity index (χ2n) is 19.8. The number of hydrogen-bond donors (Lipinski definition) is 0. The zero-order valence-corrected chi connectivity index (χ0v) is 47.8. The van der Waals surface area contributed by atoms with E-state index in [1.807, 2.05) is 46.8 Å². The Bertz CT molecular complexity index is 1480. The third kappa shape index (κ3) is 17.5. The lowest BCUT2D eigenvalue weighted by atomic mass is 9.88. The van der Waals surface area contributed by atoms with Crippen molar-refractivity contribution in [1.29, 1.82) is 0 Å². The highest BCUT2D eigenvalue weighted by Crippen LogP contribution is 2.43. The smallest absolute Gasteiger partial charge is 0.308 e. The Morgan fingerprint density at radius 1 is 0.877 bits per heavy atom. The molecule has 0 aliphatic carbocycles. The van der Waals surface area contributed by atoms with Gasteiger partial charge in [0.25, 0.3) is 0 Å². The summed E-state index contributed by atoms with van der Waals surface area (Å²) in [4.78, 5) is 26.8. The van der Waals surface area contributed by atoms with Gasteiger partial charge in [-0.2, -0.15) is 0 Å². The van der Waals surface area contributed by atoms with E-state index in [4.69, 9.17) is 37.0 Å². The van der Waals surface area contributed by atoms with Gasteiger partial charge in [-0.1, -0.05) is 107 Å². The van der Waals surface area contributed by atoms with Gasteiger partial charge in [0.15, 0.2) is 31.2 Å². The van der Waals surface area contributed by atoms with Gasteiger partial charge in [-0.25, -0.2) is 0 Å². The van der Waals surface area contributed by atoms with Crippen LogP contribution in [0.4, 0.5) is 0 Å². The summed E-state index contributed by atoms with van der Waals surface area (Å²) in [5.41, 5.74) is -0.625. The third-order valence-corrected chi connectivity index (χ3v) is 29.6. The first-order chi connectivity index (χ1) is 30.6. The second-order valence-corrected chi connectivity index (χ2v) is 33.9. The van der Waals surface area contributed by atoms with Crippen LogP contribution >= 0.6 is 0 Å². The molecule has 0 spiro atoms. The summed E-state index contributed by atoms with van der Waals surface area (Å²) >= 11 is 0. The van der Waals surface area contributed by atoms with E-state index >= 15 is 0 Å². The summed E-state index contributed by atoms with van der Waals surface area (Å²) in [7, 11) is -5.95. The molecular formula is C52H98O10Si3. The standard InChI is InChI=1S/C52H98O10Si3/c1-19-45(61-64(24-6,25-7)26-8)41(14)50-46(57-50)38-51(17,62-65(27-9,28-10)29-11)35-30-31-39(12)49-40(13)32-33-47(56-42(15)53)52(18,59-43(16)55-20-2)36-34-44(37-48(54)58-49)60-63(21-3,22-4)23-5/h30-33,35,40-41,43-47,49-50H,19-29,34,36-38H2,1-18H3/b33-32-,35-30+,39-31+/t40-,41+,43?,44+,45-,46-,47-,49+,50-,51-,52+/m0/s1. The van der Waals surface area contributed by atoms with E-state index in [1.54, 1.807) is 0 Å². The molecule has 11 atom stereocenters. The van der Waals surface area contributed by atoms with E-state index in [9.17, 15) is 9.59 Å². The molecule has 2 heterocycles. The predicted molar refractivity (Wildman–Crippen MR) is 275 cm³/mol. The Morgan fingerprint density at radius 3 is 1.95 bits per heavy atom. The fraction of sp³-hybridized carbons (Fsp3) is 0.846. The van der Waals surface area contributed by atoms with Gasteiger partial charge in [0, 0.05) is 37.9 Å². The van der Waals surface area contributed by atoms with Gasteiger partial charge < -0.3 is 37.0 Å². The van der Waals surface area contributed by atoms with Crippen molar-refractivity contribution in [2.45, 2.75) is 265 Å². The van der Waals surface area contributed by atoms with Crippen LogP contribution in [0.2, 0.25) is 54.4 Å². The van der Waals surface area contributed by atoms with Gasteiger partial charge >= 0.3 is 11.9 Å². The van der Waals surface area contributed by atoms with Gasteiger partial charge in [-0.3, -0.25) is 9.59 Å². The van der Waals surface area contributed by atoms with E-state index in [-0.39, 0.29) is 42.7 Å². The molecule has 1 fully saturated rings. The summed E-state index contributed by atoms with van der Waals surface area (Å²) in [6.45, 7) is 38.8. The minimum Gasteiger partial charge on any atom is -0.457 e. The van der Waals surface area contributed by atoms with Crippen molar-refractivity contribution in [2.75, 3.05) is 6.61 Å². The molecule has 0 radical (unpaired) electrons. The van der Waals surface area contributed by atoms with Crippen LogP contribution in [0, 0.1) is 11.8 Å². The van der Waals surface area contributed by atoms with Crippen molar-refractivity contribution in [1.82, 2.24) is 0 Å². The van der Waals surface area contributed by atoms with Crippen LogP contribution in [-0.4, -0.2) is 97.6 Å². The maximum absolute atomic E-state index is 14.1. The molecule has 2 aliphatic rings. The van der Waals surface area contributed by atoms with Crippen molar-refractivity contribution in [3.63, 3.8) is 0 Å². The number of carbonyl (C=O) groups is 2. The second kappa shape index (κ2) is 27.7. The largest absolute Gasteiger partial charge is 0.457 e. The van der Waals surface area contributed by atoms with Crippen LogP contribution < -0.4 is 0 Å². The lowest BCUT2D eigenvalue weighted by molar-refractivity contribution is -0.227. The lowest BCUT2D eigenvalue weighted by Crippen LogP contribution is -2.48. The number of allylic oxidation sites excluding steroid dienone is 2. The molecule has 1 saturated heterocycles. The first-order valence-electron chi connectivity index (χ1n) is 26.1. The quantitative estimate of drug-likeness (QED) is 0.0188. The van der Waals surface area contributed by atoms with Crippen molar-refractivity contribution in [2.24, 2.45) is 11.8 Å². The Labute approximate surface area is 401 Å². The fourth-order valence-corrected chi connectivity index (χ4v) is 19.2. The minimum atomic E-state index is -2.13. The molecule has 10 nitrogen and oxygen atoms in total. The van der Waals surface area contributed by atoms with Gasteiger partial charge in [0.1, 0.15) is 17.8 Å². The van der Waals surface area contributed by atoms with Crippen molar-refractivity contribution >= 4 is 36.9 Å². The average molecular weight is 968 g/mol. The summed E-state index contributed by atoms with van der Waals surface area (Å²) in [5, 5.41) is 0. The van der Waals surface area contributed by atoms with Gasteiger partial charge in [-0.05, 0) is 120 Å². The molecule has 0 aromatic heterocycles. The van der Waals surface area contributed by atoms with Crippen molar-refractivity contribution in [3.05, 3.63) is 36.0 Å². The number of epoxide rings is 1. The molecule has 0 aromatic rings. The molecule has 2 rings (SSSR count). The third-order valence-electron chi connectivity index (χ3n) is 15.5. The number of rotatable bonds is 28. The number of cyclic esters (lactones) is 1. The normalized spacial score (nSPS) is 28.1. The lowest BCUT2D eigenvalue weighted by Gasteiger charge is -2.40. The maximum Gasteiger partial charge on any atom is 0.308 e. The van der Waals surface area contributed by atoms with Crippen LogP contribution in [0.3, 0.4) is 0 Å². The molecule has 378 valence electrons. The Balaban J connectivity index is 2.62. The highest BCUT2D eigenvalue weighted by atomic mass is 28.4. The first-order valence-corrected chi connectivity index (χ1v) is 33.6. The molecule has 65 heavy (non-hydrogen) atoms. The van der Waals surface area contributed by atoms with Crippen LogP contribution in [0.5, 0.6) is 0 Å². The molecule has 0 amide bonds. The minimum absolute atomic E-state index is 0.0828. The first kappa shape index (κ1) is 59.7. The summed E-state index contributed by atoms with van der Waals surface area (Å²) in [6, 6.07) is 9.40. The average Bonchev–Trinajstić information content (AvgIpc) is 4.05. The predicted octanol–water partition coefficient (Wildman–Crippen LogP) is 13.6. The zero-order chi connectivity index (χ0) is 49.2.